The third kappa shape index (κ3) is 2.52. The lowest BCUT2D eigenvalue weighted by molar-refractivity contribution is 0.0984. The third-order valence-corrected chi connectivity index (χ3v) is 6.01. The molecule has 30 heavy (non-hydrogen) atoms. The molecule has 1 saturated heterocycles. The Morgan fingerprint density at radius 1 is 1.00 bits per heavy atom. The second-order valence-electron chi connectivity index (χ2n) is 7.87. The van der Waals surface area contributed by atoms with E-state index in [0.717, 1.165) is 64.1 Å². The number of aryl methyl sites for hydroxylation is 1. The molecular formula is C23H22N6O. The molecule has 0 bridgehead atoms. The van der Waals surface area contributed by atoms with Crippen molar-refractivity contribution in [3.8, 4) is 11.4 Å². The van der Waals surface area contributed by atoms with Gasteiger partial charge in [-0.3, -0.25) is 0 Å². The average molecular weight is 398 g/mol. The lowest BCUT2D eigenvalue weighted by atomic mass is 10.2. The number of benzene rings is 2. The zero-order chi connectivity index (χ0) is 20.2. The predicted molar refractivity (Wildman–Crippen MR) is 118 cm³/mol. The lowest BCUT2D eigenvalue weighted by Gasteiger charge is -2.13. The maximum atomic E-state index is 6.75. The van der Waals surface area contributed by atoms with E-state index in [1.807, 2.05) is 49.5 Å². The predicted octanol–water partition coefficient (Wildman–Crippen LogP) is 3.90. The average Bonchev–Trinajstić information content (AvgIpc) is 3.46. The van der Waals surface area contributed by atoms with Crippen molar-refractivity contribution in [2.75, 3.05) is 12.3 Å². The standard InChI is InChI=1S/C23H22N6O/c1-28-18-11-5-4-10-17(18)27-22(28)19-20-23(26-16-9-3-2-8-15(16)25-20)29(21(19)24)13-14-7-6-12-30-14/h2-5,8-11,14H,6-7,12-13,24H2,1H3. The van der Waals surface area contributed by atoms with Crippen molar-refractivity contribution in [3.63, 3.8) is 0 Å². The number of hydrogen-bond acceptors (Lipinski definition) is 5. The summed E-state index contributed by atoms with van der Waals surface area (Å²) in [4.78, 5) is 14.8. The maximum Gasteiger partial charge on any atom is 0.161 e. The van der Waals surface area contributed by atoms with Crippen LogP contribution in [-0.4, -0.2) is 36.8 Å². The van der Waals surface area contributed by atoms with Gasteiger partial charge in [0, 0.05) is 13.7 Å². The van der Waals surface area contributed by atoms with Crippen molar-refractivity contribution in [1.29, 1.82) is 0 Å². The first-order valence-corrected chi connectivity index (χ1v) is 10.3. The Bertz CT molecular complexity index is 1410. The number of anilines is 1. The minimum atomic E-state index is 0.143. The molecule has 7 heteroatoms. The summed E-state index contributed by atoms with van der Waals surface area (Å²) in [5.74, 6) is 1.43. The molecule has 1 fully saturated rings. The molecule has 4 heterocycles. The van der Waals surface area contributed by atoms with Gasteiger partial charge in [-0.2, -0.15) is 0 Å². The summed E-state index contributed by atoms with van der Waals surface area (Å²) in [5, 5.41) is 0. The fourth-order valence-corrected chi connectivity index (χ4v) is 4.48. The Morgan fingerprint density at radius 2 is 1.73 bits per heavy atom. The summed E-state index contributed by atoms with van der Waals surface area (Å²) in [6.45, 7) is 1.47. The maximum absolute atomic E-state index is 6.75. The van der Waals surface area contributed by atoms with E-state index in [1.165, 1.54) is 0 Å². The summed E-state index contributed by atoms with van der Waals surface area (Å²) in [7, 11) is 2.02. The van der Waals surface area contributed by atoms with Crippen LogP contribution < -0.4 is 5.73 Å². The number of para-hydroxylation sites is 4. The number of hydrogen-bond donors (Lipinski definition) is 1. The van der Waals surface area contributed by atoms with E-state index >= 15 is 0 Å². The van der Waals surface area contributed by atoms with E-state index in [2.05, 4.69) is 15.2 Å². The molecule has 1 atom stereocenters. The molecule has 150 valence electrons. The van der Waals surface area contributed by atoms with E-state index in [4.69, 9.17) is 25.4 Å². The van der Waals surface area contributed by atoms with Crippen LogP contribution in [0, 0.1) is 0 Å². The van der Waals surface area contributed by atoms with Crippen LogP contribution in [0.25, 0.3) is 44.6 Å². The van der Waals surface area contributed by atoms with Crippen LogP contribution in [0.4, 0.5) is 5.82 Å². The molecule has 1 aliphatic heterocycles. The monoisotopic (exact) mass is 398 g/mol. The van der Waals surface area contributed by atoms with Crippen LogP contribution in [0.15, 0.2) is 48.5 Å². The second-order valence-corrected chi connectivity index (χ2v) is 7.87. The van der Waals surface area contributed by atoms with Crippen LogP contribution in [-0.2, 0) is 18.3 Å². The van der Waals surface area contributed by atoms with Crippen LogP contribution in [0.1, 0.15) is 12.8 Å². The number of imidazole rings is 1. The normalized spacial score (nSPS) is 16.9. The highest BCUT2D eigenvalue weighted by atomic mass is 16.5. The number of ether oxygens (including phenoxy) is 1. The minimum Gasteiger partial charge on any atom is -0.384 e. The van der Waals surface area contributed by atoms with E-state index in [9.17, 15) is 0 Å². The molecular weight excluding hydrogens is 376 g/mol. The van der Waals surface area contributed by atoms with Crippen molar-refractivity contribution in [2.24, 2.45) is 7.05 Å². The molecule has 0 aliphatic carbocycles. The van der Waals surface area contributed by atoms with Crippen molar-refractivity contribution >= 4 is 39.0 Å². The van der Waals surface area contributed by atoms with Gasteiger partial charge < -0.3 is 19.6 Å². The van der Waals surface area contributed by atoms with Gasteiger partial charge in [-0.15, -0.1) is 0 Å². The summed E-state index contributed by atoms with van der Waals surface area (Å²) >= 11 is 0. The molecule has 1 aliphatic rings. The van der Waals surface area contributed by atoms with Crippen molar-refractivity contribution < 1.29 is 4.74 Å². The van der Waals surface area contributed by atoms with Gasteiger partial charge in [0.15, 0.2) is 5.65 Å². The minimum absolute atomic E-state index is 0.143. The third-order valence-electron chi connectivity index (χ3n) is 6.01. The fourth-order valence-electron chi connectivity index (χ4n) is 4.48. The van der Waals surface area contributed by atoms with Crippen LogP contribution in [0.3, 0.4) is 0 Å². The zero-order valence-corrected chi connectivity index (χ0v) is 16.7. The highest BCUT2D eigenvalue weighted by molar-refractivity contribution is 6.01. The molecule has 7 nitrogen and oxygen atoms in total. The number of fused-ring (bicyclic) bond motifs is 3. The van der Waals surface area contributed by atoms with Gasteiger partial charge in [0.1, 0.15) is 17.2 Å². The summed E-state index contributed by atoms with van der Waals surface area (Å²) in [6.07, 6.45) is 2.25. The summed E-state index contributed by atoms with van der Waals surface area (Å²) < 4.78 is 10.0. The van der Waals surface area contributed by atoms with E-state index in [-0.39, 0.29) is 6.10 Å². The Hall–Kier alpha value is -3.45. The smallest absolute Gasteiger partial charge is 0.161 e. The molecule has 0 spiro atoms. The quantitative estimate of drug-likeness (QED) is 0.498. The fraction of sp³-hybridized carbons (Fsp3) is 0.261. The van der Waals surface area contributed by atoms with Crippen LogP contribution >= 0.6 is 0 Å². The number of rotatable bonds is 3. The van der Waals surface area contributed by atoms with Crippen molar-refractivity contribution in [3.05, 3.63) is 48.5 Å². The van der Waals surface area contributed by atoms with Crippen LogP contribution in [0.2, 0.25) is 0 Å². The van der Waals surface area contributed by atoms with Crippen molar-refractivity contribution in [1.82, 2.24) is 24.1 Å². The van der Waals surface area contributed by atoms with Gasteiger partial charge >= 0.3 is 0 Å². The summed E-state index contributed by atoms with van der Waals surface area (Å²) in [6, 6.07) is 16.0. The Labute approximate surface area is 173 Å². The van der Waals surface area contributed by atoms with Gasteiger partial charge in [-0.05, 0) is 37.1 Å². The Kier molecular flexibility index (Phi) is 3.79. The molecule has 5 aromatic rings. The zero-order valence-electron chi connectivity index (χ0n) is 16.7. The highest BCUT2D eigenvalue weighted by Crippen LogP contribution is 2.37. The van der Waals surface area contributed by atoms with Gasteiger partial charge in [-0.1, -0.05) is 24.3 Å². The number of nitrogens with zero attached hydrogens (tertiary/aromatic N) is 5. The van der Waals surface area contributed by atoms with Crippen LogP contribution in [0.5, 0.6) is 0 Å². The van der Waals surface area contributed by atoms with Gasteiger partial charge in [-0.25, -0.2) is 15.0 Å². The molecule has 3 aromatic heterocycles. The lowest BCUT2D eigenvalue weighted by Crippen LogP contribution is -2.17. The molecule has 6 rings (SSSR count). The van der Waals surface area contributed by atoms with Gasteiger partial charge in [0.2, 0.25) is 0 Å². The molecule has 1 unspecified atom stereocenters. The van der Waals surface area contributed by atoms with Crippen molar-refractivity contribution in [2.45, 2.75) is 25.5 Å². The highest BCUT2D eigenvalue weighted by Gasteiger charge is 2.26. The SMILES string of the molecule is Cn1c(-c2c(N)n(CC3CCCO3)c3nc4ccccc4nc23)nc2ccccc21. The molecule has 0 saturated carbocycles. The van der Waals surface area contributed by atoms with E-state index < -0.39 is 0 Å². The molecule has 0 amide bonds. The first kappa shape index (κ1) is 17.4. The van der Waals surface area contributed by atoms with Gasteiger partial charge in [0.05, 0.1) is 40.3 Å². The van der Waals surface area contributed by atoms with E-state index in [0.29, 0.717) is 12.4 Å². The molecule has 2 N–H and O–H groups in total. The first-order valence-electron chi connectivity index (χ1n) is 10.3. The Balaban J connectivity index is 1.66. The van der Waals surface area contributed by atoms with E-state index in [1.54, 1.807) is 0 Å². The number of nitrogens with two attached hydrogens (primary N) is 1. The number of nitrogen functional groups attached to an aromatic ring is 1. The second kappa shape index (κ2) is 6.53. The largest absolute Gasteiger partial charge is 0.384 e. The number of aromatic nitrogens is 5. The molecule has 0 radical (unpaired) electrons. The van der Waals surface area contributed by atoms with Gasteiger partial charge in [0.25, 0.3) is 0 Å². The topological polar surface area (TPSA) is 83.8 Å². The summed E-state index contributed by atoms with van der Waals surface area (Å²) in [5.41, 5.74) is 12.8. The molecule has 2 aromatic carbocycles. The Morgan fingerprint density at radius 3 is 2.47 bits per heavy atom. The first-order chi connectivity index (χ1) is 14.7.